The summed E-state index contributed by atoms with van der Waals surface area (Å²) in [5, 5.41) is 29.8. The molecule has 1 atom stereocenters. The lowest BCUT2D eigenvalue weighted by Gasteiger charge is -2.11. The highest BCUT2D eigenvalue weighted by Gasteiger charge is 2.14. The molecular weight excluding hydrogens is 324 g/mol. The van der Waals surface area contributed by atoms with Crippen LogP contribution in [0, 0.1) is 0 Å². The van der Waals surface area contributed by atoms with Crippen LogP contribution in [0.4, 0.5) is 0 Å². The maximum absolute atomic E-state index is 12.1. The van der Waals surface area contributed by atoms with Crippen molar-refractivity contribution in [3.63, 3.8) is 0 Å². The Kier molecular flexibility index (Phi) is 4.60. The standard InChI is InChI=1S/C18H18N2O5/c19-9-16(23)10-1-4-15(22)17(7-10)25-18(24)8-12-5-11-6-13(21)2-3-14(11)20-12/h1-7,16,20-23H,8-9,19H2. The number of nitrogens with one attached hydrogen (secondary N) is 1. The zero-order valence-corrected chi connectivity index (χ0v) is 13.3. The Morgan fingerprint density at radius 2 is 1.96 bits per heavy atom. The first-order chi connectivity index (χ1) is 12.0. The van der Waals surface area contributed by atoms with Gasteiger partial charge in [0.05, 0.1) is 12.5 Å². The first-order valence-corrected chi connectivity index (χ1v) is 7.68. The van der Waals surface area contributed by atoms with Crippen molar-refractivity contribution in [3.8, 4) is 17.2 Å². The number of esters is 1. The number of ether oxygens (including phenoxy) is 1. The van der Waals surface area contributed by atoms with Crippen LogP contribution >= 0.6 is 0 Å². The molecule has 0 aliphatic rings. The minimum absolute atomic E-state index is 0.0140. The van der Waals surface area contributed by atoms with Gasteiger partial charge in [-0.3, -0.25) is 4.79 Å². The van der Waals surface area contributed by atoms with Crippen LogP contribution in [-0.2, 0) is 11.2 Å². The van der Waals surface area contributed by atoms with Crippen molar-refractivity contribution in [1.82, 2.24) is 4.98 Å². The fourth-order valence-electron chi connectivity index (χ4n) is 2.55. The van der Waals surface area contributed by atoms with Crippen LogP contribution in [0.5, 0.6) is 17.2 Å². The smallest absolute Gasteiger partial charge is 0.317 e. The van der Waals surface area contributed by atoms with Gasteiger partial charge in [-0.05, 0) is 42.0 Å². The SMILES string of the molecule is NCC(O)c1ccc(O)c(OC(=O)Cc2cc3cc(O)ccc3[nH]2)c1. The number of H-pyrrole nitrogens is 1. The van der Waals surface area contributed by atoms with Crippen molar-refractivity contribution >= 4 is 16.9 Å². The van der Waals surface area contributed by atoms with E-state index in [9.17, 15) is 20.1 Å². The van der Waals surface area contributed by atoms with Gasteiger partial charge >= 0.3 is 5.97 Å². The van der Waals surface area contributed by atoms with E-state index < -0.39 is 12.1 Å². The Balaban J connectivity index is 1.75. The number of carbonyl (C=O) groups is 1. The van der Waals surface area contributed by atoms with Gasteiger partial charge in [-0.25, -0.2) is 0 Å². The third kappa shape index (κ3) is 3.73. The Morgan fingerprint density at radius 1 is 1.16 bits per heavy atom. The first kappa shape index (κ1) is 16.8. The van der Waals surface area contributed by atoms with E-state index in [1.54, 1.807) is 24.3 Å². The summed E-state index contributed by atoms with van der Waals surface area (Å²) in [6, 6.07) is 10.8. The summed E-state index contributed by atoms with van der Waals surface area (Å²) in [4.78, 5) is 15.2. The highest BCUT2D eigenvalue weighted by Crippen LogP contribution is 2.29. The van der Waals surface area contributed by atoms with Gasteiger partial charge in [0.15, 0.2) is 11.5 Å². The molecule has 130 valence electrons. The number of carbonyl (C=O) groups excluding carboxylic acids is 1. The fraction of sp³-hybridized carbons (Fsp3) is 0.167. The lowest BCUT2D eigenvalue weighted by Crippen LogP contribution is -2.13. The minimum Gasteiger partial charge on any atom is -0.508 e. The molecule has 7 heteroatoms. The molecule has 2 aromatic carbocycles. The molecule has 3 aromatic rings. The summed E-state index contributed by atoms with van der Waals surface area (Å²) < 4.78 is 5.19. The van der Waals surface area contributed by atoms with Crippen LogP contribution in [-0.4, -0.2) is 32.8 Å². The van der Waals surface area contributed by atoms with Gasteiger partial charge < -0.3 is 30.8 Å². The van der Waals surface area contributed by atoms with Crippen molar-refractivity contribution in [2.45, 2.75) is 12.5 Å². The minimum atomic E-state index is -0.903. The molecule has 25 heavy (non-hydrogen) atoms. The Labute approximate surface area is 143 Å². The van der Waals surface area contributed by atoms with Crippen LogP contribution in [0.15, 0.2) is 42.5 Å². The number of aliphatic hydroxyl groups excluding tert-OH is 1. The number of aliphatic hydroxyl groups is 1. The average molecular weight is 342 g/mol. The third-order valence-electron chi connectivity index (χ3n) is 3.81. The van der Waals surface area contributed by atoms with E-state index in [1.165, 1.54) is 18.2 Å². The summed E-state index contributed by atoms with van der Waals surface area (Å²) in [6.45, 7) is 0.0140. The molecule has 6 N–H and O–H groups in total. The lowest BCUT2D eigenvalue weighted by atomic mass is 10.1. The maximum Gasteiger partial charge on any atom is 0.317 e. The van der Waals surface area contributed by atoms with Gasteiger partial charge in [-0.1, -0.05) is 6.07 Å². The molecular formula is C18H18N2O5. The largest absolute Gasteiger partial charge is 0.508 e. The molecule has 1 unspecified atom stereocenters. The van der Waals surface area contributed by atoms with E-state index in [-0.39, 0.29) is 30.2 Å². The van der Waals surface area contributed by atoms with Gasteiger partial charge in [0.25, 0.3) is 0 Å². The summed E-state index contributed by atoms with van der Waals surface area (Å²) in [5.41, 5.74) is 7.25. The van der Waals surface area contributed by atoms with Gasteiger partial charge in [0.1, 0.15) is 5.75 Å². The fourth-order valence-corrected chi connectivity index (χ4v) is 2.55. The summed E-state index contributed by atoms with van der Waals surface area (Å²) in [5.74, 6) is -0.682. The molecule has 1 aromatic heterocycles. The predicted molar refractivity (Wildman–Crippen MR) is 91.4 cm³/mol. The number of phenols is 2. The van der Waals surface area contributed by atoms with E-state index in [4.69, 9.17) is 10.5 Å². The number of hydrogen-bond acceptors (Lipinski definition) is 6. The second-order valence-electron chi connectivity index (χ2n) is 5.70. The normalized spacial score (nSPS) is 12.2. The summed E-state index contributed by atoms with van der Waals surface area (Å²) in [7, 11) is 0. The number of nitrogens with two attached hydrogens (primary N) is 1. The van der Waals surface area contributed by atoms with E-state index in [0.29, 0.717) is 11.3 Å². The molecule has 7 nitrogen and oxygen atoms in total. The number of rotatable bonds is 5. The second kappa shape index (κ2) is 6.84. The van der Waals surface area contributed by atoms with E-state index >= 15 is 0 Å². The number of phenolic OH excluding ortho intramolecular Hbond substituents is 2. The van der Waals surface area contributed by atoms with Crippen LogP contribution in [0.1, 0.15) is 17.4 Å². The zero-order chi connectivity index (χ0) is 18.0. The van der Waals surface area contributed by atoms with Gasteiger partial charge in [-0.2, -0.15) is 0 Å². The number of aromatic amines is 1. The summed E-state index contributed by atoms with van der Waals surface area (Å²) >= 11 is 0. The van der Waals surface area contributed by atoms with Crippen LogP contribution in [0.25, 0.3) is 10.9 Å². The highest BCUT2D eigenvalue weighted by molar-refractivity contribution is 5.84. The molecule has 0 fully saturated rings. The molecule has 0 amide bonds. The molecule has 0 aliphatic heterocycles. The topological polar surface area (TPSA) is 129 Å². The Hall–Kier alpha value is -3.03. The first-order valence-electron chi connectivity index (χ1n) is 7.68. The molecule has 0 saturated heterocycles. The average Bonchev–Trinajstić information content (AvgIpc) is 2.97. The van der Waals surface area contributed by atoms with Crippen molar-refractivity contribution in [2.24, 2.45) is 5.73 Å². The molecule has 0 bridgehead atoms. The lowest BCUT2D eigenvalue weighted by molar-refractivity contribution is -0.133. The Morgan fingerprint density at radius 3 is 2.72 bits per heavy atom. The number of fused-ring (bicyclic) bond motifs is 1. The zero-order valence-electron chi connectivity index (χ0n) is 13.3. The van der Waals surface area contributed by atoms with Crippen LogP contribution in [0.3, 0.4) is 0 Å². The van der Waals surface area contributed by atoms with Crippen molar-refractivity contribution in [2.75, 3.05) is 6.54 Å². The predicted octanol–water partition coefficient (Wildman–Crippen LogP) is 1.72. The third-order valence-corrected chi connectivity index (χ3v) is 3.81. The molecule has 0 radical (unpaired) electrons. The van der Waals surface area contributed by atoms with E-state index in [1.807, 2.05) is 0 Å². The molecule has 0 aliphatic carbocycles. The number of aromatic hydroxyl groups is 2. The Bertz CT molecular complexity index is 919. The highest BCUT2D eigenvalue weighted by atomic mass is 16.5. The quantitative estimate of drug-likeness (QED) is 0.355. The monoisotopic (exact) mass is 342 g/mol. The number of benzene rings is 2. The summed E-state index contributed by atoms with van der Waals surface area (Å²) in [6.07, 6.45) is -0.946. The van der Waals surface area contributed by atoms with Crippen molar-refractivity contribution in [3.05, 3.63) is 53.7 Å². The maximum atomic E-state index is 12.1. The van der Waals surface area contributed by atoms with E-state index in [0.717, 1.165) is 10.9 Å². The van der Waals surface area contributed by atoms with Gasteiger partial charge in [-0.15, -0.1) is 0 Å². The van der Waals surface area contributed by atoms with Gasteiger partial charge in [0.2, 0.25) is 0 Å². The van der Waals surface area contributed by atoms with Gasteiger partial charge in [0, 0.05) is 23.1 Å². The van der Waals surface area contributed by atoms with E-state index in [2.05, 4.69) is 4.98 Å². The van der Waals surface area contributed by atoms with Crippen molar-refractivity contribution in [1.29, 1.82) is 0 Å². The number of hydrogen-bond donors (Lipinski definition) is 5. The molecule has 0 saturated carbocycles. The van der Waals surface area contributed by atoms with Crippen LogP contribution < -0.4 is 10.5 Å². The molecule has 1 heterocycles. The van der Waals surface area contributed by atoms with Crippen molar-refractivity contribution < 1.29 is 24.9 Å². The van der Waals surface area contributed by atoms with Crippen LogP contribution in [0.2, 0.25) is 0 Å². The molecule has 3 rings (SSSR count). The second-order valence-corrected chi connectivity index (χ2v) is 5.70. The molecule has 0 spiro atoms. The number of aromatic nitrogens is 1.